The highest BCUT2D eigenvalue weighted by Crippen LogP contribution is 2.30. The van der Waals surface area contributed by atoms with Gasteiger partial charge in [0.2, 0.25) is 0 Å². The molecule has 1 N–H and O–H groups in total. The minimum absolute atomic E-state index is 0.107. The van der Waals surface area contributed by atoms with Gasteiger partial charge in [-0.2, -0.15) is 0 Å². The third-order valence-corrected chi connectivity index (χ3v) is 1.44. The van der Waals surface area contributed by atoms with E-state index in [2.05, 4.69) is 0 Å². The number of rotatable bonds is 2. The van der Waals surface area contributed by atoms with E-state index in [1.54, 1.807) is 0 Å². The van der Waals surface area contributed by atoms with Gasteiger partial charge in [-0.25, -0.2) is 4.79 Å². The first-order valence-corrected chi connectivity index (χ1v) is 3.93. The van der Waals surface area contributed by atoms with Crippen LogP contribution < -0.4 is 0 Å². The monoisotopic (exact) mass is 216 g/mol. The summed E-state index contributed by atoms with van der Waals surface area (Å²) < 4.78 is -1.41. The number of hydrogen-bond acceptors (Lipinski definition) is 1. The summed E-state index contributed by atoms with van der Waals surface area (Å²) in [5.41, 5.74) is 0.177. The van der Waals surface area contributed by atoms with E-state index in [1.807, 2.05) is 0 Å². The lowest BCUT2D eigenvalue weighted by molar-refractivity contribution is -0.132. The van der Waals surface area contributed by atoms with Crippen LogP contribution in [0.15, 0.2) is 11.6 Å². The number of hydrogen-bond donors (Lipinski definition) is 1. The van der Waals surface area contributed by atoms with Crippen LogP contribution in [0.4, 0.5) is 0 Å². The van der Waals surface area contributed by atoms with Gasteiger partial charge in [0.1, 0.15) is 0 Å². The van der Waals surface area contributed by atoms with Gasteiger partial charge in [-0.3, -0.25) is 0 Å². The second kappa shape index (κ2) is 4.19. The molecule has 0 spiro atoms. The summed E-state index contributed by atoms with van der Waals surface area (Å²) >= 11 is 16.1. The summed E-state index contributed by atoms with van der Waals surface area (Å²) in [7, 11) is 0. The molecule has 0 aliphatic carbocycles. The molecule has 5 heteroatoms. The Kier molecular flexibility index (Phi) is 4.22. The maximum Gasteiger partial charge on any atom is 0.330 e. The van der Waals surface area contributed by atoms with E-state index in [-0.39, 0.29) is 12.0 Å². The lowest BCUT2D eigenvalue weighted by Crippen LogP contribution is -2.02. The largest absolute Gasteiger partial charge is 0.478 e. The number of carboxylic acid groups (broad SMARTS) is 1. The molecule has 2 nitrogen and oxygen atoms in total. The van der Waals surface area contributed by atoms with Crippen molar-refractivity contribution in [1.29, 1.82) is 0 Å². The second-order valence-electron chi connectivity index (χ2n) is 2.01. The minimum Gasteiger partial charge on any atom is -0.478 e. The molecule has 0 aromatic carbocycles. The van der Waals surface area contributed by atoms with Crippen molar-refractivity contribution < 1.29 is 9.90 Å². The third-order valence-electron chi connectivity index (χ3n) is 0.977. The first-order valence-electron chi connectivity index (χ1n) is 2.80. The number of carboxylic acids is 1. The molecule has 0 saturated carbocycles. The zero-order valence-corrected chi connectivity index (χ0v) is 8.04. The molecular weight excluding hydrogens is 210 g/mol. The third kappa shape index (κ3) is 6.48. The summed E-state index contributed by atoms with van der Waals surface area (Å²) in [6.45, 7) is 1.44. The van der Waals surface area contributed by atoms with Crippen molar-refractivity contribution in [2.24, 2.45) is 0 Å². The van der Waals surface area contributed by atoms with Gasteiger partial charge < -0.3 is 5.11 Å². The van der Waals surface area contributed by atoms with Crippen molar-refractivity contribution in [3.05, 3.63) is 11.6 Å². The predicted octanol–water partition coefficient (Wildman–Crippen LogP) is 2.78. The smallest absolute Gasteiger partial charge is 0.330 e. The fourth-order valence-corrected chi connectivity index (χ4v) is 0.588. The predicted molar refractivity (Wildman–Crippen MR) is 46.3 cm³/mol. The Labute approximate surface area is 79.7 Å². The molecule has 0 fully saturated rings. The van der Waals surface area contributed by atoms with E-state index >= 15 is 0 Å². The Bertz CT molecular complexity index is 181. The molecule has 0 rings (SSSR count). The Morgan fingerprint density at radius 3 is 2.27 bits per heavy atom. The number of allylic oxidation sites excluding steroid dienone is 1. The highest BCUT2D eigenvalue weighted by Gasteiger charge is 2.17. The molecule has 0 heterocycles. The molecule has 0 saturated heterocycles. The van der Waals surface area contributed by atoms with Crippen molar-refractivity contribution in [3.8, 4) is 0 Å². The van der Waals surface area contributed by atoms with Crippen LogP contribution in [0.1, 0.15) is 13.3 Å². The first kappa shape index (κ1) is 11.1. The van der Waals surface area contributed by atoms with Crippen molar-refractivity contribution in [3.63, 3.8) is 0 Å². The average Bonchev–Trinajstić information content (AvgIpc) is 1.80. The van der Waals surface area contributed by atoms with Gasteiger partial charge in [-0.1, -0.05) is 40.9 Å². The van der Waals surface area contributed by atoms with Gasteiger partial charge in [0.05, 0.1) is 0 Å². The summed E-state index contributed by atoms with van der Waals surface area (Å²) in [6.07, 6.45) is 1.48. The Morgan fingerprint density at radius 2 is 2.00 bits per heavy atom. The minimum atomic E-state index is -1.41. The molecule has 0 aliphatic heterocycles. The molecular formula is C6H7Cl3O2. The van der Waals surface area contributed by atoms with E-state index in [1.165, 1.54) is 13.0 Å². The van der Waals surface area contributed by atoms with E-state index in [0.717, 1.165) is 0 Å². The maximum absolute atomic E-state index is 10.2. The maximum atomic E-state index is 10.2. The second-order valence-corrected chi connectivity index (χ2v) is 4.53. The molecule has 0 radical (unpaired) electrons. The Morgan fingerprint density at radius 1 is 1.55 bits per heavy atom. The van der Waals surface area contributed by atoms with Crippen LogP contribution in [0, 0.1) is 0 Å². The van der Waals surface area contributed by atoms with E-state index < -0.39 is 9.76 Å². The van der Waals surface area contributed by atoms with Gasteiger partial charge in [0.25, 0.3) is 0 Å². The number of carbonyl (C=O) groups is 1. The van der Waals surface area contributed by atoms with Crippen molar-refractivity contribution in [2.45, 2.75) is 17.1 Å². The molecule has 0 amide bonds. The van der Waals surface area contributed by atoms with Crippen LogP contribution >= 0.6 is 34.8 Å². The lowest BCUT2D eigenvalue weighted by Gasteiger charge is -2.05. The van der Waals surface area contributed by atoms with Crippen molar-refractivity contribution >= 4 is 40.8 Å². The van der Waals surface area contributed by atoms with Crippen molar-refractivity contribution in [2.75, 3.05) is 0 Å². The summed E-state index contributed by atoms with van der Waals surface area (Å²) in [5.74, 6) is -1.00. The van der Waals surface area contributed by atoms with Crippen molar-refractivity contribution in [1.82, 2.24) is 0 Å². The highest BCUT2D eigenvalue weighted by atomic mass is 35.6. The fourth-order valence-electron chi connectivity index (χ4n) is 0.356. The molecule has 64 valence electrons. The first-order chi connectivity index (χ1) is 4.83. The Hall–Kier alpha value is 0.0800. The van der Waals surface area contributed by atoms with Gasteiger partial charge in [-0.05, 0) is 6.92 Å². The lowest BCUT2D eigenvalue weighted by atomic mass is 10.2. The molecule has 0 bridgehead atoms. The summed E-state index contributed by atoms with van der Waals surface area (Å²) in [5, 5.41) is 8.38. The SMILES string of the molecule is CC(=CCC(Cl)(Cl)Cl)C(=O)O. The molecule has 0 aliphatic rings. The normalized spacial score (nSPS) is 13.3. The van der Waals surface area contributed by atoms with Crippen LogP contribution in [-0.4, -0.2) is 14.9 Å². The molecule has 0 atom stereocenters. The number of aliphatic carboxylic acids is 1. The van der Waals surface area contributed by atoms with E-state index in [0.29, 0.717) is 0 Å². The average molecular weight is 217 g/mol. The van der Waals surface area contributed by atoms with E-state index in [4.69, 9.17) is 39.9 Å². The zero-order valence-electron chi connectivity index (χ0n) is 5.77. The van der Waals surface area contributed by atoms with Crippen LogP contribution in [0.5, 0.6) is 0 Å². The van der Waals surface area contributed by atoms with Crippen LogP contribution in [0.25, 0.3) is 0 Å². The van der Waals surface area contributed by atoms with Crippen LogP contribution in [0.3, 0.4) is 0 Å². The highest BCUT2D eigenvalue weighted by molar-refractivity contribution is 6.67. The Balaban J connectivity index is 4.04. The fraction of sp³-hybridized carbons (Fsp3) is 0.500. The summed E-state index contributed by atoms with van der Waals surface area (Å²) in [6, 6.07) is 0. The van der Waals surface area contributed by atoms with Crippen LogP contribution in [0.2, 0.25) is 0 Å². The van der Waals surface area contributed by atoms with Gasteiger partial charge in [0, 0.05) is 12.0 Å². The number of halogens is 3. The molecule has 11 heavy (non-hydrogen) atoms. The van der Waals surface area contributed by atoms with Gasteiger partial charge in [-0.15, -0.1) is 0 Å². The topological polar surface area (TPSA) is 37.3 Å². The molecule has 0 unspecified atom stereocenters. The molecule has 0 aromatic rings. The standard InChI is InChI=1S/C6H7Cl3O2/c1-4(5(10)11)2-3-6(7,8)9/h2H,3H2,1H3,(H,10,11). The van der Waals surface area contributed by atoms with Gasteiger partial charge >= 0.3 is 5.97 Å². The quantitative estimate of drug-likeness (QED) is 0.570. The zero-order chi connectivity index (χ0) is 9.07. The number of alkyl halides is 3. The molecule has 0 aromatic heterocycles. The summed E-state index contributed by atoms with van der Waals surface area (Å²) in [4.78, 5) is 10.2. The van der Waals surface area contributed by atoms with E-state index in [9.17, 15) is 4.79 Å². The van der Waals surface area contributed by atoms with Crippen LogP contribution in [-0.2, 0) is 4.79 Å². The van der Waals surface area contributed by atoms with Gasteiger partial charge in [0.15, 0.2) is 3.79 Å².